The van der Waals surface area contributed by atoms with E-state index in [0.29, 0.717) is 22.0 Å². The smallest absolute Gasteiger partial charge is 0.273 e. The number of rotatable bonds is 6. The lowest BCUT2D eigenvalue weighted by Crippen LogP contribution is -2.55. The van der Waals surface area contributed by atoms with Gasteiger partial charge in [0.2, 0.25) is 6.41 Å². The van der Waals surface area contributed by atoms with E-state index >= 15 is 0 Å². The fourth-order valence-corrected chi connectivity index (χ4v) is 3.16. The minimum Gasteiger partial charge on any atom is -0.419 e. The molecule has 2 N–H and O–H groups in total. The van der Waals surface area contributed by atoms with Crippen molar-refractivity contribution in [2.24, 2.45) is 0 Å². The Bertz CT molecular complexity index is 1010. The summed E-state index contributed by atoms with van der Waals surface area (Å²) in [6.45, 7) is 7.05. The molecule has 0 atom stereocenters. The number of halogens is 1. The Morgan fingerprint density at radius 1 is 1.19 bits per heavy atom. The molecule has 0 aromatic heterocycles. The van der Waals surface area contributed by atoms with Crippen molar-refractivity contribution in [2.75, 3.05) is 5.32 Å². The highest BCUT2D eigenvalue weighted by molar-refractivity contribution is 8.20. The fourth-order valence-electron chi connectivity index (χ4n) is 2.47. The molecule has 0 aliphatic heterocycles. The second-order valence-electron chi connectivity index (χ2n) is 7.36. The number of anilines is 1. The molecule has 0 fully saturated rings. The molecule has 0 saturated carbocycles. The van der Waals surface area contributed by atoms with E-state index in [1.54, 1.807) is 52.0 Å². The van der Waals surface area contributed by atoms with Crippen LogP contribution in [0.4, 0.5) is 5.69 Å². The van der Waals surface area contributed by atoms with E-state index in [9.17, 15) is 14.4 Å². The SMILES string of the molecule is CC(=S)SOc1ccccc1C(=O)NN(C(=O)c1ccc(NC=O)c(Cl)c1)C(C)(C)C. The van der Waals surface area contributed by atoms with Crippen molar-refractivity contribution < 1.29 is 18.6 Å². The summed E-state index contributed by atoms with van der Waals surface area (Å²) in [4.78, 5) is 36.8. The Labute approximate surface area is 195 Å². The number of carbonyl (C=O) groups excluding carboxylic acids is 3. The zero-order valence-corrected chi connectivity index (χ0v) is 19.8. The summed E-state index contributed by atoms with van der Waals surface area (Å²) in [6, 6.07) is 11.1. The van der Waals surface area contributed by atoms with Crippen LogP contribution < -0.4 is 14.9 Å². The highest BCUT2D eigenvalue weighted by Crippen LogP contribution is 2.26. The summed E-state index contributed by atoms with van der Waals surface area (Å²) in [7, 11) is 0. The molecule has 2 aromatic carbocycles. The predicted octanol–water partition coefficient (Wildman–Crippen LogP) is 4.87. The first-order chi connectivity index (χ1) is 14.5. The first-order valence-corrected chi connectivity index (χ1v) is 10.7. The molecule has 0 aliphatic rings. The van der Waals surface area contributed by atoms with Gasteiger partial charge < -0.3 is 9.50 Å². The number of hydrazine groups is 1. The first-order valence-electron chi connectivity index (χ1n) is 9.14. The van der Waals surface area contributed by atoms with Crippen molar-refractivity contribution in [3.05, 3.63) is 58.6 Å². The summed E-state index contributed by atoms with van der Waals surface area (Å²) < 4.78 is 6.10. The largest absolute Gasteiger partial charge is 0.419 e. The molecule has 2 aromatic rings. The van der Waals surface area contributed by atoms with Gasteiger partial charge in [-0.15, -0.1) is 0 Å². The number of amides is 3. The van der Waals surface area contributed by atoms with Crippen LogP contribution in [0.1, 0.15) is 48.4 Å². The molecule has 0 saturated heterocycles. The van der Waals surface area contributed by atoms with Crippen molar-refractivity contribution in [1.29, 1.82) is 0 Å². The topological polar surface area (TPSA) is 87.7 Å². The van der Waals surface area contributed by atoms with Gasteiger partial charge in [0.25, 0.3) is 11.8 Å². The van der Waals surface area contributed by atoms with Gasteiger partial charge in [0.05, 0.1) is 38.1 Å². The Kier molecular flexibility index (Phi) is 8.43. The van der Waals surface area contributed by atoms with Crippen LogP contribution in [-0.4, -0.2) is 33.0 Å². The van der Waals surface area contributed by atoms with Gasteiger partial charge in [-0.2, -0.15) is 0 Å². The molecule has 0 radical (unpaired) electrons. The number of benzene rings is 2. The summed E-state index contributed by atoms with van der Waals surface area (Å²) in [5.41, 5.74) is 2.77. The Morgan fingerprint density at radius 3 is 2.45 bits per heavy atom. The monoisotopic (exact) mass is 479 g/mol. The van der Waals surface area contributed by atoms with Crippen molar-refractivity contribution >= 4 is 64.0 Å². The predicted molar refractivity (Wildman–Crippen MR) is 127 cm³/mol. The summed E-state index contributed by atoms with van der Waals surface area (Å²) >= 11 is 12.1. The standard InChI is InChI=1S/C21H22ClN3O4S2/c1-13(30)31-29-18-8-6-5-7-15(18)19(27)24-25(21(2,3)4)20(28)14-9-10-17(23-12-26)16(22)11-14/h5-12H,1-4H3,(H,23,26)(H,24,27). The molecule has 3 amide bonds. The van der Waals surface area contributed by atoms with Gasteiger partial charge >= 0.3 is 0 Å². The van der Waals surface area contributed by atoms with Gasteiger partial charge in [0.15, 0.2) is 5.75 Å². The van der Waals surface area contributed by atoms with Crippen LogP contribution >= 0.6 is 35.9 Å². The van der Waals surface area contributed by atoms with Crippen molar-refractivity contribution in [3.63, 3.8) is 0 Å². The lowest BCUT2D eigenvalue weighted by atomic mass is 10.1. The van der Waals surface area contributed by atoms with Gasteiger partial charge in [-0.25, -0.2) is 5.01 Å². The maximum absolute atomic E-state index is 13.2. The normalized spacial score (nSPS) is 10.7. The summed E-state index contributed by atoms with van der Waals surface area (Å²) in [5.74, 6) is -0.669. The van der Waals surface area contributed by atoms with E-state index in [0.717, 1.165) is 12.0 Å². The maximum Gasteiger partial charge on any atom is 0.273 e. The zero-order chi connectivity index (χ0) is 23.2. The number of para-hydroxylation sites is 1. The highest BCUT2D eigenvalue weighted by Gasteiger charge is 2.30. The summed E-state index contributed by atoms with van der Waals surface area (Å²) in [6.07, 6.45) is 0.493. The van der Waals surface area contributed by atoms with Gasteiger partial charge in [-0.1, -0.05) is 36.0 Å². The quantitative estimate of drug-likeness (QED) is 0.266. The third kappa shape index (κ3) is 6.68. The lowest BCUT2D eigenvalue weighted by molar-refractivity contribution is -0.105. The van der Waals surface area contributed by atoms with Crippen molar-refractivity contribution in [1.82, 2.24) is 10.4 Å². The number of carbonyl (C=O) groups is 3. The Hall–Kier alpha value is -2.62. The van der Waals surface area contributed by atoms with Crippen molar-refractivity contribution in [3.8, 4) is 5.75 Å². The van der Waals surface area contributed by atoms with Gasteiger partial charge in [0.1, 0.15) is 0 Å². The number of thiocarbonyl (C=S) groups is 1. The van der Waals surface area contributed by atoms with Gasteiger partial charge in [-0.3, -0.25) is 19.8 Å². The molecular weight excluding hydrogens is 458 g/mol. The molecule has 0 spiro atoms. The summed E-state index contributed by atoms with van der Waals surface area (Å²) in [5, 5.41) is 3.87. The minimum absolute atomic E-state index is 0.199. The van der Waals surface area contributed by atoms with E-state index in [1.807, 2.05) is 0 Å². The van der Waals surface area contributed by atoms with Crippen LogP contribution in [0.5, 0.6) is 5.75 Å². The van der Waals surface area contributed by atoms with E-state index in [1.165, 1.54) is 23.2 Å². The third-order valence-electron chi connectivity index (χ3n) is 3.90. The molecule has 0 bridgehead atoms. The molecule has 164 valence electrons. The average molecular weight is 480 g/mol. The minimum atomic E-state index is -0.755. The molecule has 7 nitrogen and oxygen atoms in total. The number of nitrogens with one attached hydrogen (secondary N) is 2. The number of hydrogen-bond acceptors (Lipinski definition) is 6. The highest BCUT2D eigenvalue weighted by atomic mass is 35.5. The Morgan fingerprint density at radius 2 is 1.87 bits per heavy atom. The van der Waals surface area contributed by atoms with Gasteiger partial charge in [0, 0.05) is 5.56 Å². The van der Waals surface area contributed by atoms with E-state index in [4.69, 9.17) is 28.0 Å². The first kappa shape index (κ1) is 24.6. The molecule has 0 unspecified atom stereocenters. The second kappa shape index (κ2) is 10.6. The van der Waals surface area contributed by atoms with Crippen LogP contribution in [0, 0.1) is 0 Å². The third-order valence-corrected chi connectivity index (χ3v) is 4.91. The molecule has 2 rings (SSSR count). The molecular formula is C21H22ClN3O4S2. The number of nitrogens with zero attached hydrogens (tertiary/aromatic N) is 1. The van der Waals surface area contributed by atoms with Crippen LogP contribution in [0.25, 0.3) is 0 Å². The van der Waals surface area contributed by atoms with Crippen LogP contribution in [0.15, 0.2) is 42.5 Å². The van der Waals surface area contributed by atoms with E-state index in [2.05, 4.69) is 10.7 Å². The maximum atomic E-state index is 13.2. The molecule has 0 aliphatic carbocycles. The van der Waals surface area contributed by atoms with E-state index < -0.39 is 17.4 Å². The van der Waals surface area contributed by atoms with Crippen LogP contribution in [-0.2, 0) is 4.79 Å². The second-order valence-corrected chi connectivity index (χ2v) is 9.59. The molecule has 31 heavy (non-hydrogen) atoms. The Balaban J connectivity index is 2.31. The molecule has 0 heterocycles. The van der Waals surface area contributed by atoms with Crippen LogP contribution in [0.3, 0.4) is 0 Å². The van der Waals surface area contributed by atoms with Gasteiger partial charge in [-0.05, 0) is 58.0 Å². The fraction of sp³-hybridized carbons (Fsp3) is 0.238. The molecule has 10 heteroatoms. The van der Waals surface area contributed by atoms with Crippen LogP contribution in [0.2, 0.25) is 5.02 Å². The average Bonchev–Trinajstić information content (AvgIpc) is 2.70. The zero-order valence-electron chi connectivity index (χ0n) is 17.4. The lowest BCUT2D eigenvalue weighted by Gasteiger charge is -2.35. The van der Waals surface area contributed by atoms with Crippen molar-refractivity contribution in [2.45, 2.75) is 33.2 Å². The number of hydrogen-bond donors (Lipinski definition) is 2. The van der Waals surface area contributed by atoms with E-state index in [-0.39, 0.29) is 16.1 Å².